The highest BCUT2D eigenvalue weighted by Gasteiger charge is 2.34. The smallest absolute Gasteiger partial charge is 0.306 e. The van der Waals surface area contributed by atoms with Gasteiger partial charge in [-0.1, -0.05) is 48.0 Å². The molecule has 6 nitrogen and oxygen atoms in total. The van der Waals surface area contributed by atoms with Gasteiger partial charge in [0.25, 0.3) is 0 Å². The predicted octanol–water partition coefficient (Wildman–Crippen LogP) is 13.2. The Balaban J connectivity index is 0.843. The Labute approximate surface area is 375 Å². The molecule has 2 fully saturated rings. The van der Waals surface area contributed by atoms with Crippen molar-refractivity contribution in [1.82, 2.24) is 4.90 Å². The molecule has 2 aliphatic heterocycles. The fourth-order valence-corrected chi connectivity index (χ4v) is 14.7. The van der Waals surface area contributed by atoms with E-state index in [4.69, 9.17) is 9.47 Å². The third-order valence-electron chi connectivity index (χ3n) is 15.6. The van der Waals surface area contributed by atoms with E-state index in [1.54, 1.807) is 22.3 Å². The highest BCUT2D eigenvalue weighted by atomic mass is 32.2. The summed E-state index contributed by atoms with van der Waals surface area (Å²) in [4.78, 5) is 28.5. The number of hydrogen-bond donors (Lipinski definition) is 1. The Morgan fingerprint density at radius 2 is 0.967 bits per heavy atom. The van der Waals surface area contributed by atoms with Gasteiger partial charge in [-0.25, -0.2) is 0 Å². The van der Waals surface area contributed by atoms with Crippen LogP contribution in [0.2, 0.25) is 0 Å². The van der Waals surface area contributed by atoms with Crippen molar-refractivity contribution in [2.45, 2.75) is 224 Å². The third kappa shape index (κ3) is 15.9. The van der Waals surface area contributed by atoms with Crippen molar-refractivity contribution in [2.75, 3.05) is 43.2 Å². The number of esters is 2. The molecular weight excluding hydrogens is 783 g/mol. The summed E-state index contributed by atoms with van der Waals surface area (Å²) in [7, 11) is 2.30. The Bertz CT molecular complexity index is 1250. The van der Waals surface area contributed by atoms with E-state index in [1.807, 2.05) is 23.5 Å². The number of cyclic esters (lactones) is 2. The fourth-order valence-electron chi connectivity index (χ4n) is 12.5. The molecule has 6 aliphatic rings. The first kappa shape index (κ1) is 48.5. The first-order valence-corrected chi connectivity index (χ1v) is 28.1. The number of thioether (sulfide) groups is 2. The Hall–Kier alpha value is -0.960. The second kappa shape index (κ2) is 27.4. The zero-order valence-corrected chi connectivity index (χ0v) is 39.9. The summed E-state index contributed by atoms with van der Waals surface area (Å²) in [5.41, 5.74) is 7.14. The number of nitrogens with zero attached hydrogens (tertiary/aromatic N) is 1. The molecule has 0 aromatic rings. The monoisotopic (exact) mass is 870 g/mol. The SMILES string of the molecule is CN(CCCCO)C(CCCCCSCC1CCCC2CCCC3=C2C(CCC3)CCC(=O)O1)CCCCCSCC1CCCC2CCCC3=C2C(CCC3)CCC(=O)O1. The van der Waals surface area contributed by atoms with Crippen LogP contribution in [-0.2, 0) is 19.1 Å². The number of ether oxygens (including phenoxy) is 2. The van der Waals surface area contributed by atoms with Crippen LogP contribution in [0.1, 0.15) is 205 Å². The fraction of sp³-hybridized carbons (Fsp3) is 0.885. The van der Waals surface area contributed by atoms with Gasteiger partial charge >= 0.3 is 11.9 Å². The predicted molar refractivity (Wildman–Crippen MR) is 254 cm³/mol. The molecule has 0 amide bonds. The summed E-state index contributed by atoms with van der Waals surface area (Å²) >= 11 is 4.01. The standard InChI is InChI=1S/C52H87NO5S2/c1-53(34-6-7-35-54)46(26-4-2-8-36-59-38-47-28-14-24-42-18-10-16-40-20-12-22-44(51(40)42)30-32-49(55)57-47)27-5-3-9-37-60-39-48-29-15-25-43-19-11-17-41-21-13-23-45(52(41)43)31-33-50(56)58-48/h42-48,54H,2-39H2,1H3. The van der Waals surface area contributed by atoms with Crippen molar-refractivity contribution in [3.8, 4) is 0 Å². The van der Waals surface area contributed by atoms with Gasteiger partial charge in [-0.3, -0.25) is 9.59 Å². The lowest BCUT2D eigenvalue weighted by Gasteiger charge is -2.37. The Morgan fingerprint density at radius 3 is 1.42 bits per heavy atom. The van der Waals surface area contributed by atoms with E-state index in [0.717, 1.165) is 79.9 Å². The number of allylic oxidation sites excluding steroid dienone is 4. The van der Waals surface area contributed by atoms with Crippen molar-refractivity contribution < 1.29 is 24.2 Å². The summed E-state index contributed by atoms with van der Waals surface area (Å²) in [6, 6.07) is 0.613. The molecule has 6 atom stereocenters. The summed E-state index contributed by atoms with van der Waals surface area (Å²) in [6.45, 7) is 1.35. The summed E-state index contributed by atoms with van der Waals surface area (Å²) in [5, 5.41) is 9.39. The maximum absolute atomic E-state index is 13.0. The number of hydrogen-bond acceptors (Lipinski definition) is 8. The van der Waals surface area contributed by atoms with Gasteiger partial charge in [0.2, 0.25) is 0 Å². The largest absolute Gasteiger partial charge is 0.461 e. The molecule has 8 heteroatoms. The molecule has 0 aromatic carbocycles. The average Bonchev–Trinajstić information content (AvgIpc) is 3.30. The normalized spacial score (nSPS) is 28.9. The molecule has 6 rings (SSSR count). The van der Waals surface area contributed by atoms with Gasteiger partial charge in [-0.2, -0.15) is 23.5 Å². The van der Waals surface area contributed by atoms with E-state index in [9.17, 15) is 14.7 Å². The lowest BCUT2D eigenvalue weighted by atomic mass is 9.68. The van der Waals surface area contributed by atoms with E-state index >= 15 is 0 Å². The third-order valence-corrected chi connectivity index (χ3v) is 18.0. The molecule has 0 saturated carbocycles. The molecule has 0 spiro atoms. The maximum Gasteiger partial charge on any atom is 0.306 e. The van der Waals surface area contributed by atoms with Crippen molar-refractivity contribution in [3.63, 3.8) is 0 Å². The van der Waals surface area contributed by atoms with Crippen LogP contribution in [0.15, 0.2) is 22.3 Å². The van der Waals surface area contributed by atoms with E-state index in [1.165, 1.54) is 154 Å². The highest BCUT2D eigenvalue weighted by molar-refractivity contribution is 7.99. The van der Waals surface area contributed by atoms with E-state index in [2.05, 4.69) is 11.9 Å². The minimum atomic E-state index is 0.0472. The minimum absolute atomic E-state index is 0.0472. The van der Waals surface area contributed by atoms with E-state index in [-0.39, 0.29) is 30.8 Å². The minimum Gasteiger partial charge on any atom is -0.461 e. The van der Waals surface area contributed by atoms with Gasteiger partial charge < -0.3 is 19.5 Å². The number of carbonyl (C=O) groups is 2. The quantitative estimate of drug-likeness (QED) is 0.0694. The van der Waals surface area contributed by atoms with Crippen LogP contribution in [0, 0.1) is 23.7 Å². The molecule has 60 heavy (non-hydrogen) atoms. The molecule has 2 saturated heterocycles. The zero-order valence-electron chi connectivity index (χ0n) is 38.3. The van der Waals surface area contributed by atoms with Crippen LogP contribution in [0.3, 0.4) is 0 Å². The number of aliphatic hydroxyl groups is 1. The second-order valence-electron chi connectivity index (χ2n) is 20.1. The molecule has 0 aromatic heterocycles. The van der Waals surface area contributed by atoms with Crippen LogP contribution in [0.25, 0.3) is 0 Å². The van der Waals surface area contributed by atoms with Gasteiger partial charge in [-0.15, -0.1) is 0 Å². The first-order valence-electron chi connectivity index (χ1n) is 25.8. The number of unbranched alkanes of at least 4 members (excludes halogenated alkanes) is 5. The van der Waals surface area contributed by atoms with Gasteiger partial charge in [0.05, 0.1) is 0 Å². The van der Waals surface area contributed by atoms with Crippen LogP contribution < -0.4 is 0 Å². The lowest BCUT2D eigenvalue weighted by Crippen LogP contribution is -2.32. The Morgan fingerprint density at radius 1 is 0.533 bits per heavy atom. The van der Waals surface area contributed by atoms with E-state index in [0.29, 0.717) is 30.7 Å². The van der Waals surface area contributed by atoms with Gasteiger partial charge in [0.1, 0.15) is 12.2 Å². The van der Waals surface area contributed by atoms with Gasteiger partial charge in [0.15, 0.2) is 0 Å². The molecule has 0 bridgehead atoms. The van der Waals surface area contributed by atoms with Gasteiger partial charge in [-0.05, 0) is 216 Å². The second-order valence-corrected chi connectivity index (χ2v) is 22.4. The average molecular weight is 870 g/mol. The summed E-state index contributed by atoms with van der Waals surface area (Å²) in [6.07, 6.45) is 38.3. The highest BCUT2D eigenvalue weighted by Crippen LogP contribution is 2.47. The van der Waals surface area contributed by atoms with Crippen molar-refractivity contribution >= 4 is 35.5 Å². The molecule has 0 radical (unpaired) electrons. The van der Waals surface area contributed by atoms with Crippen molar-refractivity contribution in [1.29, 1.82) is 0 Å². The zero-order chi connectivity index (χ0) is 41.8. The number of aliphatic hydroxyl groups excluding tert-OH is 1. The lowest BCUT2D eigenvalue weighted by molar-refractivity contribution is -0.149. The molecule has 342 valence electrons. The summed E-state index contributed by atoms with van der Waals surface area (Å²) < 4.78 is 12.3. The van der Waals surface area contributed by atoms with Crippen LogP contribution in [-0.4, -0.2) is 83.4 Å². The first-order chi connectivity index (χ1) is 29.5. The van der Waals surface area contributed by atoms with Crippen LogP contribution in [0.5, 0.6) is 0 Å². The molecule has 1 N–H and O–H groups in total. The molecule has 6 unspecified atom stereocenters. The van der Waals surface area contributed by atoms with E-state index < -0.39 is 0 Å². The van der Waals surface area contributed by atoms with Crippen molar-refractivity contribution in [2.24, 2.45) is 23.7 Å². The topological polar surface area (TPSA) is 76.1 Å². The van der Waals surface area contributed by atoms with Crippen molar-refractivity contribution in [3.05, 3.63) is 22.3 Å². The summed E-state index contributed by atoms with van der Waals surface area (Å²) in [5.74, 6) is 7.14. The Kier molecular flexibility index (Phi) is 22.1. The molecule has 4 aliphatic carbocycles. The number of carbonyl (C=O) groups excluding carboxylic acids is 2. The number of rotatable bonds is 21. The molecule has 2 heterocycles. The van der Waals surface area contributed by atoms with Crippen LogP contribution >= 0.6 is 23.5 Å². The van der Waals surface area contributed by atoms with Gasteiger partial charge in [0, 0.05) is 37.0 Å². The van der Waals surface area contributed by atoms with Crippen LogP contribution in [0.4, 0.5) is 0 Å². The molecular formula is C52H87NO5S2. The maximum atomic E-state index is 13.0.